The number of nitrogens with zero attached hydrogens (tertiary/aromatic N) is 1. The van der Waals surface area contributed by atoms with Crippen molar-refractivity contribution >= 4 is 0 Å². The van der Waals surface area contributed by atoms with Crippen molar-refractivity contribution in [2.45, 2.75) is 25.8 Å². The monoisotopic (exact) mass is 270 g/mol. The molecule has 0 amide bonds. The fourth-order valence-electron chi connectivity index (χ4n) is 1.35. The lowest BCUT2D eigenvalue weighted by Gasteiger charge is -2.19. The molecule has 1 aromatic carbocycles. The first-order chi connectivity index (χ1) is 8.14. The zero-order valence-corrected chi connectivity index (χ0v) is 9.36. The Kier molecular flexibility index (Phi) is 4.26. The predicted molar refractivity (Wildman–Crippen MR) is 54.1 cm³/mol. The largest absolute Gasteiger partial charge is 0.659 e. The Morgan fingerprint density at radius 3 is 1.67 bits per heavy atom. The Labute approximate surface area is 99.8 Å². The predicted octanol–water partition coefficient (Wildman–Crippen LogP) is 4.62. The van der Waals surface area contributed by atoms with Crippen LogP contribution in [0, 0.1) is 0 Å². The molecule has 0 N–H and O–H groups in total. The fourth-order valence-corrected chi connectivity index (χ4v) is 1.35. The zero-order chi connectivity index (χ0) is 14.0. The van der Waals surface area contributed by atoms with Crippen LogP contribution in [0.15, 0.2) is 18.2 Å². The van der Waals surface area contributed by atoms with E-state index in [1.807, 2.05) is 0 Å². The molecule has 7 heteroatoms. The maximum Gasteiger partial charge on any atom is 0.416 e. The SMILES string of the molecule is CC[N-]Cc1cc(C(F)(F)F)cc(C(F)(F)F)c1. The van der Waals surface area contributed by atoms with E-state index in [4.69, 9.17) is 0 Å². The third kappa shape index (κ3) is 3.90. The lowest BCUT2D eigenvalue weighted by molar-refractivity contribution is -0.143. The molecule has 0 spiro atoms. The molecule has 1 rings (SSSR count). The molecule has 102 valence electrons. The number of rotatable bonds is 3. The third-order valence-corrected chi connectivity index (χ3v) is 2.17. The second-order valence-corrected chi connectivity index (χ2v) is 3.61. The Balaban J connectivity index is 3.21. The smallest absolute Gasteiger partial charge is 0.416 e. The second-order valence-electron chi connectivity index (χ2n) is 3.61. The minimum absolute atomic E-state index is 0.0981. The van der Waals surface area contributed by atoms with Crippen LogP contribution >= 0.6 is 0 Å². The summed E-state index contributed by atoms with van der Waals surface area (Å²) in [6.07, 6.45) is -9.61. The van der Waals surface area contributed by atoms with Crippen LogP contribution in [0.2, 0.25) is 0 Å². The third-order valence-electron chi connectivity index (χ3n) is 2.17. The van der Waals surface area contributed by atoms with Gasteiger partial charge < -0.3 is 5.32 Å². The van der Waals surface area contributed by atoms with E-state index in [1.54, 1.807) is 6.92 Å². The minimum Gasteiger partial charge on any atom is -0.659 e. The van der Waals surface area contributed by atoms with Gasteiger partial charge in [-0.1, -0.05) is 12.5 Å². The van der Waals surface area contributed by atoms with Gasteiger partial charge in [0.2, 0.25) is 0 Å². The van der Waals surface area contributed by atoms with Crippen molar-refractivity contribution in [1.29, 1.82) is 0 Å². The van der Waals surface area contributed by atoms with Crippen molar-refractivity contribution in [3.05, 3.63) is 40.2 Å². The summed E-state index contributed by atoms with van der Waals surface area (Å²) >= 11 is 0. The van der Waals surface area contributed by atoms with Crippen LogP contribution in [0.1, 0.15) is 23.6 Å². The Morgan fingerprint density at radius 1 is 0.889 bits per heavy atom. The summed E-state index contributed by atoms with van der Waals surface area (Å²) in [6, 6.07) is 1.48. The van der Waals surface area contributed by atoms with Crippen molar-refractivity contribution in [3.8, 4) is 0 Å². The van der Waals surface area contributed by atoms with Crippen molar-refractivity contribution in [2.24, 2.45) is 0 Å². The summed E-state index contributed by atoms with van der Waals surface area (Å²) in [5, 5.41) is 3.75. The molecule has 0 aliphatic carbocycles. The first kappa shape index (κ1) is 14.8. The van der Waals surface area contributed by atoms with E-state index in [9.17, 15) is 26.3 Å². The number of benzene rings is 1. The Morgan fingerprint density at radius 2 is 1.33 bits per heavy atom. The lowest BCUT2D eigenvalue weighted by Crippen LogP contribution is -2.11. The van der Waals surface area contributed by atoms with Crippen LogP contribution in [0.25, 0.3) is 5.32 Å². The van der Waals surface area contributed by atoms with Gasteiger partial charge >= 0.3 is 12.4 Å². The first-order valence-electron chi connectivity index (χ1n) is 5.06. The lowest BCUT2D eigenvalue weighted by atomic mass is 10.0. The van der Waals surface area contributed by atoms with E-state index >= 15 is 0 Å². The molecule has 0 aromatic heterocycles. The van der Waals surface area contributed by atoms with Crippen molar-refractivity contribution in [3.63, 3.8) is 0 Å². The summed E-state index contributed by atoms with van der Waals surface area (Å²) in [6.45, 7) is 1.82. The number of hydrogen-bond donors (Lipinski definition) is 0. The minimum atomic E-state index is -4.80. The van der Waals surface area contributed by atoms with Gasteiger partial charge in [0.1, 0.15) is 0 Å². The van der Waals surface area contributed by atoms with Crippen LogP contribution in [-0.4, -0.2) is 6.54 Å². The van der Waals surface area contributed by atoms with Gasteiger partial charge in [-0.15, -0.1) is 6.54 Å². The van der Waals surface area contributed by atoms with E-state index in [0.29, 0.717) is 18.7 Å². The number of halogens is 6. The van der Waals surface area contributed by atoms with Crippen LogP contribution < -0.4 is 0 Å². The van der Waals surface area contributed by atoms with Crippen LogP contribution in [0.5, 0.6) is 0 Å². The molecule has 0 fully saturated rings. The molecule has 0 unspecified atom stereocenters. The molecule has 0 bridgehead atoms. The molecular formula is C11H10F6N-. The van der Waals surface area contributed by atoms with E-state index < -0.39 is 23.5 Å². The normalized spacial score (nSPS) is 12.8. The average molecular weight is 270 g/mol. The van der Waals surface area contributed by atoms with E-state index in [0.717, 1.165) is 0 Å². The summed E-state index contributed by atoms with van der Waals surface area (Å²) < 4.78 is 74.8. The quantitative estimate of drug-likeness (QED) is 0.712. The van der Waals surface area contributed by atoms with Gasteiger partial charge in [-0.3, -0.25) is 0 Å². The summed E-state index contributed by atoms with van der Waals surface area (Å²) in [5.41, 5.74) is -2.71. The van der Waals surface area contributed by atoms with Crippen molar-refractivity contribution < 1.29 is 26.3 Å². The van der Waals surface area contributed by atoms with Crippen LogP contribution in [0.4, 0.5) is 26.3 Å². The van der Waals surface area contributed by atoms with Crippen molar-refractivity contribution in [2.75, 3.05) is 6.54 Å². The standard InChI is InChI=1S/C11H10F6N/c1-2-18-6-7-3-8(10(12,13)14)5-9(4-7)11(15,16)17/h3-5H,2,6H2,1H3/q-1. The van der Waals surface area contributed by atoms with Gasteiger partial charge in [0, 0.05) is 0 Å². The van der Waals surface area contributed by atoms with Gasteiger partial charge in [0.15, 0.2) is 0 Å². The molecular weight excluding hydrogens is 260 g/mol. The highest BCUT2D eigenvalue weighted by Crippen LogP contribution is 2.36. The molecule has 1 aromatic rings. The van der Waals surface area contributed by atoms with Crippen LogP contribution in [0.3, 0.4) is 0 Å². The molecule has 0 aliphatic heterocycles. The zero-order valence-electron chi connectivity index (χ0n) is 9.36. The van der Waals surface area contributed by atoms with Gasteiger partial charge in [-0.05, 0) is 18.2 Å². The number of hydrogen-bond acceptors (Lipinski definition) is 0. The average Bonchev–Trinajstić information content (AvgIpc) is 2.23. The second kappa shape index (κ2) is 5.17. The van der Waals surface area contributed by atoms with Crippen LogP contribution in [-0.2, 0) is 18.9 Å². The maximum atomic E-state index is 12.5. The first-order valence-corrected chi connectivity index (χ1v) is 5.06. The number of alkyl halides is 6. The Bertz CT molecular complexity index is 375. The van der Waals surface area contributed by atoms with Gasteiger partial charge in [0.05, 0.1) is 11.1 Å². The summed E-state index contributed by atoms with van der Waals surface area (Å²) in [7, 11) is 0. The van der Waals surface area contributed by atoms with E-state index in [-0.39, 0.29) is 18.2 Å². The molecule has 0 heterocycles. The van der Waals surface area contributed by atoms with E-state index in [2.05, 4.69) is 5.32 Å². The van der Waals surface area contributed by atoms with Gasteiger partial charge in [-0.2, -0.15) is 32.9 Å². The Hall–Kier alpha value is -1.24. The maximum absolute atomic E-state index is 12.5. The fraction of sp³-hybridized carbons (Fsp3) is 0.455. The van der Waals surface area contributed by atoms with Gasteiger partial charge in [0.25, 0.3) is 0 Å². The van der Waals surface area contributed by atoms with Gasteiger partial charge in [-0.25, -0.2) is 0 Å². The molecule has 0 atom stereocenters. The highest BCUT2D eigenvalue weighted by atomic mass is 19.4. The highest BCUT2D eigenvalue weighted by molar-refractivity contribution is 5.34. The molecule has 0 saturated heterocycles. The molecule has 0 saturated carbocycles. The molecule has 0 aliphatic rings. The molecule has 0 radical (unpaired) electrons. The molecule has 1 nitrogen and oxygen atoms in total. The topological polar surface area (TPSA) is 14.1 Å². The molecule has 18 heavy (non-hydrogen) atoms. The van der Waals surface area contributed by atoms with E-state index in [1.165, 1.54) is 0 Å². The van der Waals surface area contributed by atoms with Crippen molar-refractivity contribution in [1.82, 2.24) is 0 Å². The summed E-state index contributed by atoms with van der Waals surface area (Å²) in [4.78, 5) is 0. The highest BCUT2D eigenvalue weighted by Gasteiger charge is 2.36. The summed E-state index contributed by atoms with van der Waals surface area (Å²) in [5.74, 6) is 0.